The molecule has 0 spiro atoms. The maximum Gasteiger partial charge on any atom is 0.166 e. The van der Waals surface area contributed by atoms with Crippen molar-refractivity contribution in [2.75, 3.05) is 0 Å². The van der Waals surface area contributed by atoms with E-state index in [9.17, 15) is 0 Å². The van der Waals surface area contributed by atoms with E-state index in [0.29, 0.717) is 17.3 Å². The highest BCUT2D eigenvalue weighted by Gasteiger charge is 2.18. The Labute approximate surface area is 176 Å². The third kappa shape index (κ3) is 2.65. The van der Waals surface area contributed by atoms with E-state index in [1.165, 1.54) is 0 Å². The number of rotatable bonds is 3. The summed E-state index contributed by atoms with van der Waals surface area (Å²) >= 11 is 0. The molecule has 0 radical (unpaired) electrons. The van der Waals surface area contributed by atoms with Crippen LogP contribution in [-0.4, -0.2) is 49.2 Å². The van der Waals surface area contributed by atoms with E-state index in [1.54, 1.807) is 12.5 Å². The zero-order chi connectivity index (χ0) is 21.1. The van der Waals surface area contributed by atoms with Crippen molar-refractivity contribution in [2.45, 2.75) is 13.8 Å². The van der Waals surface area contributed by atoms with E-state index in [4.69, 9.17) is 9.97 Å². The molecule has 0 aliphatic carbocycles. The number of aromatic amines is 2. The fourth-order valence-corrected chi connectivity index (χ4v) is 3.71. The summed E-state index contributed by atoms with van der Waals surface area (Å²) in [5.41, 5.74) is 6.51. The van der Waals surface area contributed by atoms with Crippen LogP contribution in [0.15, 0.2) is 43.1 Å². The molecule has 0 fully saturated rings. The van der Waals surface area contributed by atoms with Crippen LogP contribution >= 0.6 is 0 Å². The molecule has 31 heavy (non-hydrogen) atoms. The molecule has 6 aromatic rings. The zero-order valence-corrected chi connectivity index (χ0v) is 17.1. The van der Waals surface area contributed by atoms with Crippen LogP contribution in [0, 0.1) is 13.8 Å². The molecule has 10 heteroatoms. The molecule has 6 aromatic heterocycles. The lowest BCUT2D eigenvalue weighted by Crippen LogP contribution is -1.96. The van der Waals surface area contributed by atoms with Crippen LogP contribution < -0.4 is 0 Å². The van der Waals surface area contributed by atoms with Crippen LogP contribution in [0.5, 0.6) is 0 Å². The van der Waals surface area contributed by atoms with Gasteiger partial charge in [-0.2, -0.15) is 5.10 Å². The van der Waals surface area contributed by atoms with Gasteiger partial charge >= 0.3 is 0 Å². The van der Waals surface area contributed by atoms with Crippen molar-refractivity contribution in [1.82, 2.24) is 49.2 Å². The molecule has 0 amide bonds. The van der Waals surface area contributed by atoms with Crippen molar-refractivity contribution >= 4 is 22.1 Å². The first-order chi connectivity index (χ1) is 15.1. The van der Waals surface area contributed by atoms with Gasteiger partial charge in [0.1, 0.15) is 23.2 Å². The standard InChI is InChI=1S/C21H18N10/c1-11-9-31(10-24-11)21-18-14(6-7-22-21)26-20(27-18)19-17-15(28-29-19)5-4-13(25-17)16-8-23-12(2)30(16)3/h4-10H,1-3H3,(H,26,27)(H,28,29). The Morgan fingerprint density at radius 3 is 2.61 bits per heavy atom. The van der Waals surface area contributed by atoms with Gasteiger partial charge in [0.25, 0.3) is 0 Å². The summed E-state index contributed by atoms with van der Waals surface area (Å²) in [4.78, 5) is 26.2. The van der Waals surface area contributed by atoms with Crippen LogP contribution in [0.25, 0.3) is 50.8 Å². The van der Waals surface area contributed by atoms with E-state index in [2.05, 4.69) is 30.1 Å². The van der Waals surface area contributed by atoms with Gasteiger partial charge in [-0.1, -0.05) is 0 Å². The van der Waals surface area contributed by atoms with Crippen molar-refractivity contribution in [3.05, 3.63) is 54.6 Å². The van der Waals surface area contributed by atoms with E-state index in [1.807, 2.05) is 60.6 Å². The summed E-state index contributed by atoms with van der Waals surface area (Å²) in [5, 5.41) is 7.54. The first-order valence-electron chi connectivity index (χ1n) is 9.78. The number of hydrogen-bond donors (Lipinski definition) is 2. The highest BCUT2D eigenvalue weighted by atomic mass is 15.2. The lowest BCUT2D eigenvalue weighted by Gasteiger charge is -2.03. The van der Waals surface area contributed by atoms with Crippen molar-refractivity contribution < 1.29 is 0 Å². The van der Waals surface area contributed by atoms with E-state index < -0.39 is 0 Å². The molecule has 6 heterocycles. The molecule has 0 aliphatic rings. The second kappa shape index (κ2) is 6.33. The Kier molecular flexibility index (Phi) is 3.57. The molecule has 0 saturated heterocycles. The number of aryl methyl sites for hydroxylation is 2. The van der Waals surface area contributed by atoms with Gasteiger partial charge in [0, 0.05) is 19.4 Å². The molecule has 0 aromatic carbocycles. The first kappa shape index (κ1) is 17.5. The molecule has 0 atom stereocenters. The predicted octanol–water partition coefficient (Wildman–Crippen LogP) is 3.10. The lowest BCUT2D eigenvalue weighted by molar-refractivity contribution is 0.862. The number of aromatic nitrogens is 10. The fraction of sp³-hybridized carbons (Fsp3) is 0.143. The highest BCUT2D eigenvalue weighted by molar-refractivity contribution is 5.92. The largest absolute Gasteiger partial charge is 0.336 e. The van der Waals surface area contributed by atoms with Crippen LogP contribution in [-0.2, 0) is 7.05 Å². The normalized spacial score (nSPS) is 11.7. The summed E-state index contributed by atoms with van der Waals surface area (Å²) in [6.45, 7) is 3.91. The minimum Gasteiger partial charge on any atom is -0.336 e. The van der Waals surface area contributed by atoms with Gasteiger partial charge in [-0.05, 0) is 32.0 Å². The van der Waals surface area contributed by atoms with Crippen molar-refractivity contribution in [1.29, 1.82) is 0 Å². The third-order valence-corrected chi connectivity index (χ3v) is 5.45. The van der Waals surface area contributed by atoms with E-state index in [0.717, 1.165) is 45.0 Å². The number of nitrogens with one attached hydrogen (secondary N) is 2. The first-order valence-corrected chi connectivity index (χ1v) is 9.78. The monoisotopic (exact) mass is 410 g/mol. The van der Waals surface area contributed by atoms with Crippen LogP contribution in [0.1, 0.15) is 11.5 Å². The fourth-order valence-electron chi connectivity index (χ4n) is 3.71. The van der Waals surface area contributed by atoms with Crippen LogP contribution in [0.4, 0.5) is 0 Å². The minimum absolute atomic E-state index is 0.623. The number of H-pyrrole nitrogens is 2. The number of pyridine rings is 2. The summed E-state index contributed by atoms with van der Waals surface area (Å²) in [5.74, 6) is 2.26. The number of nitrogens with zero attached hydrogens (tertiary/aromatic N) is 8. The van der Waals surface area contributed by atoms with Gasteiger partial charge in [-0.3, -0.25) is 9.67 Å². The Balaban J connectivity index is 1.52. The number of fused-ring (bicyclic) bond motifs is 2. The Bertz CT molecular complexity index is 1580. The van der Waals surface area contributed by atoms with Crippen molar-refractivity contribution in [3.8, 4) is 28.7 Å². The van der Waals surface area contributed by atoms with Gasteiger partial charge in [0.15, 0.2) is 17.3 Å². The summed E-state index contributed by atoms with van der Waals surface area (Å²) in [6.07, 6.45) is 7.23. The quantitative estimate of drug-likeness (QED) is 0.463. The van der Waals surface area contributed by atoms with E-state index >= 15 is 0 Å². The second-order valence-electron chi connectivity index (χ2n) is 7.45. The highest BCUT2D eigenvalue weighted by Crippen LogP contribution is 2.29. The summed E-state index contributed by atoms with van der Waals surface area (Å²) < 4.78 is 3.88. The van der Waals surface area contributed by atoms with Crippen LogP contribution in [0.3, 0.4) is 0 Å². The minimum atomic E-state index is 0.623. The predicted molar refractivity (Wildman–Crippen MR) is 116 cm³/mol. The zero-order valence-electron chi connectivity index (χ0n) is 17.1. The summed E-state index contributed by atoms with van der Waals surface area (Å²) in [7, 11) is 1.98. The average molecular weight is 410 g/mol. The van der Waals surface area contributed by atoms with Crippen LogP contribution in [0.2, 0.25) is 0 Å². The molecular formula is C21H18N10. The molecule has 0 saturated carbocycles. The average Bonchev–Trinajstić information content (AvgIpc) is 3.54. The molecule has 152 valence electrons. The van der Waals surface area contributed by atoms with Gasteiger partial charge in [0.2, 0.25) is 0 Å². The molecular weight excluding hydrogens is 392 g/mol. The maximum atomic E-state index is 4.86. The SMILES string of the molecule is Cc1cn(-c2nccc3[nH]c(-c4n[nH]c5ccc(-c6cnc(C)n6C)nc45)nc23)cn1. The molecule has 0 aliphatic heterocycles. The molecule has 0 unspecified atom stereocenters. The van der Waals surface area contributed by atoms with Gasteiger partial charge in [-0.15, -0.1) is 0 Å². The van der Waals surface area contributed by atoms with Crippen molar-refractivity contribution in [2.24, 2.45) is 7.05 Å². The molecule has 10 nitrogen and oxygen atoms in total. The Hall–Kier alpha value is -4.34. The lowest BCUT2D eigenvalue weighted by atomic mass is 10.2. The molecule has 6 rings (SSSR count). The third-order valence-electron chi connectivity index (χ3n) is 5.45. The maximum absolute atomic E-state index is 4.86. The van der Waals surface area contributed by atoms with Gasteiger partial charge < -0.3 is 9.55 Å². The smallest absolute Gasteiger partial charge is 0.166 e. The van der Waals surface area contributed by atoms with Gasteiger partial charge in [0.05, 0.1) is 34.3 Å². The molecule has 0 bridgehead atoms. The van der Waals surface area contributed by atoms with Crippen molar-refractivity contribution in [3.63, 3.8) is 0 Å². The topological polar surface area (TPSA) is 119 Å². The van der Waals surface area contributed by atoms with Gasteiger partial charge in [-0.25, -0.2) is 24.9 Å². The molecule has 2 N–H and O–H groups in total. The number of hydrogen-bond acceptors (Lipinski definition) is 6. The van der Waals surface area contributed by atoms with E-state index in [-0.39, 0.29) is 0 Å². The Morgan fingerprint density at radius 1 is 0.935 bits per heavy atom. The summed E-state index contributed by atoms with van der Waals surface area (Å²) in [6, 6.07) is 5.83. The Morgan fingerprint density at radius 2 is 1.84 bits per heavy atom. The number of imidazole rings is 3. The second-order valence-corrected chi connectivity index (χ2v) is 7.45.